The van der Waals surface area contributed by atoms with Gasteiger partial charge in [0.05, 0.1) is 23.5 Å². The third-order valence-electron chi connectivity index (χ3n) is 4.28. The maximum atomic E-state index is 9.19. The van der Waals surface area contributed by atoms with Crippen LogP contribution in [0.3, 0.4) is 0 Å². The van der Waals surface area contributed by atoms with Gasteiger partial charge in [0.25, 0.3) is 10.1 Å². The lowest BCUT2D eigenvalue weighted by Crippen LogP contribution is -2.22. The van der Waals surface area contributed by atoms with Crippen LogP contribution in [-0.2, 0) is 10.1 Å². The minimum atomic E-state index is -3.67. The summed E-state index contributed by atoms with van der Waals surface area (Å²) in [6, 6.07) is 6.81. The molecule has 0 radical (unpaired) electrons. The number of benzene rings is 1. The second-order valence-corrected chi connectivity index (χ2v) is 7.83. The Bertz CT molecular complexity index is 954. The van der Waals surface area contributed by atoms with Crippen LogP contribution in [0.5, 0.6) is 0 Å². The lowest BCUT2D eigenvalue weighted by Gasteiger charge is -2.24. The first kappa shape index (κ1) is 17.6. The fraction of sp³-hybridized carbons (Fsp3) is 0.412. The molecule has 3 N–H and O–H groups in total. The SMILES string of the molecule is CS(=O)(=O)O.c1cc(NC2CCCCC2)c2c(ccc3cn[nH]c32)n1. The number of anilines is 1. The van der Waals surface area contributed by atoms with Gasteiger partial charge in [-0.15, -0.1) is 0 Å². The van der Waals surface area contributed by atoms with Gasteiger partial charge in [-0.05, 0) is 31.0 Å². The van der Waals surface area contributed by atoms with Crippen molar-refractivity contribution >= 4 is 37.6 Å². The summed E-state index contributed by atoms with van der Waals surface area (Å²) in [6.07, 6.45) is 11.0. The van der Waals surface area contributed by atoms with Crippen LogP contribution < -0.4 is 5.32 Å². The Balaban J connectivity index is 0.000000324. The Morgan fingerprint density at radius 1 is 1.20 bits per heavy atom. The van der Waals surface area contributed by atoms with Gasteiger partial charge < -0.3 is 5.32 Å². The molecule has 0 aliphatic heterocycles. The van der Waals surface area contributed by atoms with Gasteiger partial charge in [-0.3, -0.25) is 14.6 Å². The van der Waals surface area contributed by atoms with Gasteiger partial charge in [0.2, 0.25) is 0 Å². The molecule has 134 valence electrons. The summed E-state index contributed by atoms with van der Waals surface area (Å²) >= 11 is 0. The number of fused-ring (bicyclic) bond motifs is 3. The van der Waals surface area contributed by atoms with E-state index in [1.165, 1.54) is 37.8 Å². The third kappa shape index (κ3) is 4.67. The molecule has 0 unspecified atom stereocenters. The highest BCUT2D eigenvalue weighted by Crippen LogP contribution is 2.30. The molecule has 2 aromatic heterocycles. The lowest BCUT2D eigenvalue weighted by molar-refractivity contribution is 0.463. The number of H-pyrrole nitrogens is 1. The average molecular weight is 362 g/mol. The summed E-state index contributed by atoms with van der Waals surface area (Å²) in [4.78, 5) is 4.48. The minimum absolute atomic E-state index is 0.590. The first-order chi connectivity index (χ1) is 11.9. The number of aromatic nitrogens is 3. The Morgan fingerprint density at radius 2 is 1.92 bits per heavy atom. The number of pyridine rings is 1. The maximum Gasteiger partial charge on any atom is 0.261 e. The van der Waals surface area contributed by atoms with Crippen molar-refractivity contribution in [3.63, 3.8) is 0 Å². The largest absolute Gasteiger partial charge is 0.382 e. The highest BCUT2D eigenvalue weighted by molar-refractivity contribution is 7.85. The van der Waals surface area contributed by atoms with Gasteiger partial charge in [-0.2, -0.15) is 13.5 Å². The summed E-state index contributed by atoms with van der Waals surface area (Å²) in [6.45, 7) is 0. The molecular weight excluding hydrogens is 340 g/mol. The number of aromatic amines is 1. The number of rotatable bonds is 2. The van der Waals surface area contributed by atoms with E-state index in [4.69, 9.17) is 4.55 Å². The molecule has 7 nitrogen and oxygen atoms in total. The standard InChI is InChI=1S/C16H18N4.CH4O3S/c1-2-4-12(5-3-1)19-14-8-9-17-13-7-6-11-10-18-20-16(11)15(13)14;1-5(2,3)4/h6-10,12H,1-5H2,(H,17,19)(H,18,20);1H3,(H,2,3,4). The molecule has 8 heteroatoms. The summed E-state index contributed by atoms with van der Waals surface area (Å²) in [5, 5.41) is 13.3. The van der Waals surface area contributed by atoms with E-state index in [1.807, 2.05) is 12.4 Å². The van der Waals surface area contributed by atoms with Crippen LogP contribution in [0, 0.1) is 0 Å². The zero-order chi connectivity index (χ0) is 17.9. The molecule has 4 rings (SSSR count). The monoisotopic (exact) mass is 362 g/mol. The zero-order valence-electron chi connectivity index (χ0n) is 14.1. The van der Waals surface area contributed by atoms with E-state index in [0.29, 0.717) is 12.3 Å². The van der Waals surface area contributed by atoms with Crippen molar-refractivity contribution < 1.29 is 13.0 Å². The van der Waals surface area contributed by atoms with E-state index in [0.717, 1.165) is 21.8 Å². The van der Waals surface area contributed by atoms with Gasteiger partial charge in [0.1, 0.15) is 0 Å². The first-order valence-electron chi connectivity index (χ1n) is 8.31. The van der Waals surface area contributed by atoms with Gasteiger partial charge in [0, 0.05) is 28.7 Å². The molecule has 0 spiro atoms. The molecule has 1 aliphatic carbocycles. The molecule has 0 saturated heterocycles. The topological polar surface area (TPSA) is 108 Å². The van der Waals surface area contributed by atoms with Gasteiger partial charge in [-0.1, -0.05) is 19.3 Å². The third-order valence-corrected chi connectivity index (χ3v) is 4.28. The van der Waals surface area contributed by atoms with Crippen LogP contribution in [0.2, 0.25) is 0 Å². The molecule has 3 aromatic rings. The van der Waals surface area contributed by atoms with E-state index in [1.54, 1.807) is 0 Å². The first-order valence-corrected chi connectivity index (χ1v) is 10.2. The zero-order valence-corrected chi connectivity index (χ0v) is 14.9. The number of nitrogens with one attached hydrogen (secondary N) is 2. The van der Waals surface area contributed by atoms with E-state index in [-0.39, 0.29) is 0 Å². The molecule has 0 bridgehead atoms. The summed E-state index contributed by atoms with van der Waals surface area (Å²) in [5.41, 5.74) is 3.27. The molecule has 0 atom stereocenters. The smallest absolute Gasteiger partial charge is 0.261 e. The highest BCUT2D eigenvalue weighted by atomic mass is 32.2. The van der Waals surface area contributed by atoms with Crippen LogP contribution in [-0.4, -0.2) is 40.4 Å². The molecule has 25 heavy (non-hydrogen) atoms. The Hall–Kier alpha value is -2.19. The van der Waals surface area contributed by atoms with Crippen LogP contribution >= 0.6 is 0 Å². The van der Waals surface area contributed by atoms with Crippen molar-refractivity contribution in [2.45, 2.75) is 38.1 Å². The summed E-state index contributed by atoms with van der Waals surface area (Å²) < 4.78 is 25.9. The van der Waals surface area contributed by atoms with Crippen molar-refractivity contribution in [3.8, 4) is 0 Å². The molecule has 1 aromatic carbocycles. The molecule has 0 amide bonds. The normalized spacial score (nSPS) is 15.8. The van der Waals surface area contributed by atoms with E-state index >= 15 is 0 Å². The molecule has 1 saturated carbocycles. The quantitative estimate of drug-likeness (QED) is 0.603. The number of hydrogen-bond acceptors (Lipinski definition) is 5. The van der Waals surface area contributed by atoms with Crippen molar-refractivity contribution in [2.75, 3.05) is 11.6 Å². The number of hydrogen-bond donors (Lipinski definition) is 3. The number of nitrogens with zero attached hydrogens (tertiary/aromatic N) is 2. The van der Waals surface area contributed by atoms with Crippen molar-refractivity contribution in [1.29, 1.82) is 0 Å². The molecule has 2 heterocycles. The summed E-state index contributed by atoms with van der Waals surface area (Å²) in [7, 11) is -3.67. The second kappa shape index (κ2) is 7.37. The van der Waals surface area contributed by atoms with E-state index in [2.05, 4.69) is 38.7 Å². The Labute approximate surface area is 146 Å². The Morgan fingerprint density at radius 3 is 2.64 bits per heavy atom. The van der Waals surface area contributed by atoms with E-state index < -0.39 is 10.1 Å². The van der Waals surface area contributed by atoms with Crippen LogP contribution in [0.25, 0.3) is 21.8 Å². The van der Waals surface area contributed by atoms with Gasteiger partial charge in [-0.25, -0.2) is 0 Å². The maximum absolute atomic E-state index is 9.19. The lowest BCUT2D eigenvalue weighted by atomic mass is 9.95. The van der Waals surface area contributed by atoms with E-state index in [9.17, 15) is 8.42 Å². The summed E-state index contributed by atoms with van der Waals surface area (Å²) in [5.74, 6) is 0. The van der Waals surface area contributed by atoms with Crippen LogP contribution in [0.1, 0.15) is 32.1 Å². The van der Waals surface area contributed by atoms with Crippen molar-refractivity contribution in [3.05, 3.63) is 30.6 Å². The average Bonchev–Trinajstić information content (AvgIpc) is 3.03. The molecule has 1 fully saturated rings. The molecule has 1 aliphatic rings. The molecular formula is C17H22N4O3S. The second-order valence-electron chi connectivity index (χ2n) is 6.36. The minimum Gasteiger partial charge on any atom is -0.382 e. The highest BCUT2D eigenvalue weighted by Gasteiger charge is 2.15. The predicted octanol–water partition coefficient (Wildman–Crippen LogP) is 3.36. The van der Waals surface area contributed by atoms with Crippen LogP contribution in [0.15, 0.2) is 30.6 Å². The Kier molecular flexibility index (Phi) is 5.19. The van der Waals surface area contributed by atoms with Gasteiger partial charge >= 0.3 is 0 Å². The van der Waals surface area contributed by atoms with Crippen molar-refractivity contribution in [2.24, 2.45) is 0 Å². The van der Waals surface area contributed by atoms with Crippen LogP contribution in [0.4, 0.5) is 5.69 Å². The van der Waals surface area contributed by atoms with Crippen molar-refractivity contribution in [1.82, 2.24) is 15.2 Å². The predicted molar refractivity (Wildman–Crippen MR) is 99.4 cm³/mol. The van der Waals surface area contributed by atoms with Gasteiger partial charge in [0.15, 0.2) is 0 Å². The fourth-order valence-electron chi connectivity index (χ4n) is 3.24. The fourth-order valence-corrected chi connectivity index (χ4v) is 3.24.